The first-order valence-corrected chi connectivity index (χ1v) is 9.64. The average molecular weight is 384 g/mol. The Morgan fingerprint density at radius 1 is 1.19 bits per heavy atom. The number of hydrogen-bond donors (Lipinski definition) is 1. The van der Waals surface area contributed by atoms with Gasteiger partial charge in [-0.05, 0) is 37.6 Å². The molecule has 1 N–H and O–H groups in total. The molecule has 0 aliphatic carbocycles. The summed E-state index contributed by atoms with van der Waals surface area (Å²) in [6, 6.07) is 15.9. The van der Waals surface area contributed by atoms with E-state index in [4.69, 9.17) is 0 Å². The maximum Gasteiger partial charge on any atom is 0.237 e. The van der Waals surface area contributed by atoms with Gasteiger partial charge in [0.15, 0.2) is 5.16 Å². The van der Waals surface area contributed by atoms with E-state index in [0.717, 1.165) is 17.9 Å². The summed E-state index contributed by atoms with van der Waals surface area (Å²) in [5, 5.41) is 11.6. The topological polar surface area (TPSA) is 59.8 Å². The molecule has 5 nitrogen and oxygen atoms in total. The number of halogens is 1. The third-order valence-electron chi connectivity index (χ3n) is 4.06. The van der Waals surface area contributed by atoms with Gasteiger partial charge >= 0.3 is 0 Å². The molecule has 0 radical (unpaired) electrons. The number of carbonyl (C=O) groups excluding carboxylic acids is 1. The zero-order valence-corrected chi connectivity index (χ0v) is 16.0. The molecule has 7 heteroatoms. The highest BCUT2D eigenvalue weighted by atomic mass is 32.2. The summed E-state index contributed by atoms with van der Waals surface area (Å²) < 4.78 is 15.3. The number of aromatic nitrogens is 3. The second-order valence-corrected chi connectivity index (χ2v) is 7.37. The van der Waals surface area contributed by atoms with Crippen molar-refractivity contribution in [3.8, 4) is 0 Å². The fraction of sp³-hybridized carbons (Fsp3) is 0.250. The minimum atomic E-state index is -0.396. The predicted octanol–water partition coefficient (Wildman–Crippen LogP) is 4.15. The van der Waals surface area contributed by atoms with Crippen LogP contribution in [0.2, 0.25) is 0 Å². The van der Waals surface area contributed by atoms with Crippen LogP contribution in [-0.2, 0) is 17.8 Å². The lowest BCUT2D eigenvalue weighted by molar-refractivity contribution is -0.115. The molecule has 0 aliphatic rings. The molecule has 1 atom stereocenters. The van der Waals surface area contributed by atoms with Crippen molar-refractivity contribution in [2.24, 2.45) is 0 Å². The summed E-state index contributed by atoms with van der Waals surface area (Å²) in [7, 11) is 0. The molecule has 0 saturated heterocycles. The van der Waals surface area contributed by atoms with Crippen molar-refractivity contribution in [3.05, 3.63) is 71.8 Å². The molecule has 140 valence electrons. The highest BCUT2D eigenvalue weighted by Crippen LogP contribution is 2.24. The van der Waals surface area contributed by atoms with Crippen molar-refractivity contribution in [1.29, 1.82) is 0 Å². The first-order chi connectivity index (χ1) is 13.1. The molecule has 2 aromatic carbocycles. The number of nitrogens with zero attached hydrogens (tertiary/aromatic N) is 3. The molecule has 0 saturated carbocycles. The van der Waals surface area contributed by atoms with Crippen molar-refractivity contribution in [1.82, 2.24) is 14.8 Å². The molecule has 1 amide bonds. The molecule has 0 spiro atoms. The third kappa shape index (κ3) is 4.95. The van der Waals surface area contributed by atoms with Crippen LogP contribution in [0.25, 0.3) is 0 Å². The van der Waals surface area contributed by atoms with Gasteiger partial charge < -0.3 is 9.88 Å². The van der Waals surface area contributed by atoms with Gasteiger partial charge in [0.25, 0.3) is 0 Å². The number of amides is 1. The molecular weight excluding hydrogens is 363 g/mol. The SMILES string of the molecule is CCn1c(Cc2ccccc2)nnc1S[C@H](C)C(=O)Nc1cccc(F)c1. The van der Waals surface area contributed by atoms with E-state index in [1.54, 1.807) is 19.1 Å². The van der Waals surface area contributed by atoms with Crippen molar-refractivity contribution in [3.63, 3.8) is 0 Å². The Balaban J connectivity index is 1.68. The van der Waals surface area contributed by atoms with Gasteiger partial charge in [-0.3, -0.25) is 4.79 Å². The van der Waals surface area contributed by atoms with E-state index in [1.807, 2.05) is 29.7 Å². The average Bonchev–Trinajstić information content (AvgIpc) is 3.03. The summed E-state index contributed by atoms with van der Waals surface area (Å²) in [5.41, 5.74) is 1.60. The molecule has 0 unspecified atom stereocenters. The zero-order chi connectivity index (χ0) is 19.2. The highest BCUT2D eigenvalue weighted by molar-refractivity contribution is 8.00. The number of benzene rings is 2. The van der Waals surface area contributed by atoms with Crippen LogP contribution in [0.15, 0.2) is 59.8 Å². The molecular formula is C20H21FN4OS. The summed E-state index contributed by atoms with van der Waals surface area (Å²) in [6.07, 6.45) is 0.687. The molecule has 1 heterocycles. The lowest BCUT2D eigenvalue weighted by Gasteiger charge is -2.13. The van der Waals surface area contributed by atoms with E-state index < -0.39 is 5.25 Å². The fourth-order valence-corrected chi connectivity index (χ4v) is 3.59. The van der Waals surface area contributed by atoms with Crippen LogP contribution in [0.5, 0.6) is 0 Å². The number of carbonyl (C=O) groups is 1. The van der Waals surface area contributed by atoms with Crippen LogP contribution in [0, 0.1) is 5.82 Å². The Labute approximate surface area is 162 Å². The molecule has 0 bridgehead atoms. The molecule has 3 rings (SSSR count). The van der Waals surface area contributed by atoms with Crippen molar-refractivity contribution in [2.75, 3.05) is 5.32 Å². The maximum absolute atomic E-state index is 13.3. The van der Waals surface area contributed by atoms with E-state index >= 15 is 0 Å². The summed E-state index contributed by atoms with van der Waals surface area (Å²) >= 11 is 1.34. The summed E-state index contributed by atoms with van der Waals surface area (Å²) in [6.45, 7) is 4.54. The Hall–Kier alpha value is -2.67. The first kappa shape index (κ1) is 19.1. The lowest BCUT2D eigenvalue weighted by Crippen LogP contribution is -2.23. The number of thioether (sulfide) groups is 1. The first-order valence-electron chi connectivity index (χ1n) is 8.76. The van der Waals surface area contributed by atoms with Gasteiger partial charge in [0.1, 0.15) is 11.6 Å². The van der Waals surface area contributed by atoms with Crippen molar-refractivity contribution in [2.45, 2.75) is 37.2 Å². The van der Waals surface area contributed by atoms with Crippen molar-refractivity contribution < 1.29 is 9.18 Å². The number of rotatable bonds is 7. The van der Waals surface area contributed by atoms with Crippen LogP contribution in [0.1, 0.15) is 25.2 Å². The Morgan fingerprint density at radius 2 is 1.96 bits per heavy atom. The van der Waals surface area contributed by atoms with Crippen LogP contribution >= 0.6 is 11.8 Å². The highest BCUT2D eigenvalue weighted by Gasteiger charge is 2.20. The van der Waals surface area contributed by atoms with Gasteiger partial charge in [-0.2, -0.15) is 0 Å². The van der Waals surface area contributed by atoms with E-state index in [1.165, 1.54) is 23.9 Å². The zero-order valence-electron chi connectivity index (χ0n) is 15.2. The third-order valence-corrected chi connectivity index (χ3v) is 5.14. The van der Waals surface area contributed by atoms with E-state index in [2.05, 4.69) is 27.6 Å². The second kappa shape index (κ2) is 8.81. The number of nitrogens with one attached hydrogen (secondary N) is 1. The quantitative estimate of drug-likeness (QED) is 0.622. The van der Waals surface area contributed by atoms with Gasteiger partial charge in [0.05, 0.1) is 5.25 Å². The van der Waals surface area contributed by atoms with E-state index in [0.29, 0.717) is 17.3 Å². The Bertz CT molecular complexity index is 913. The summed E-state index contributed by atoms with van der Waals surface area (Å²) in [5.74, 6) is 0.272. The predicted molar refractivity (Wildman–Crippen MR) is 105 cm³/mol. The molecule has 1 aromatic heterocycles. The van der Waals surface area contributed by atoms with Crippen LogP contribution in [0.4, 0.5) is 10.1 Å². The molecule has 0 aliphatic heterocycles. The van der Waals surface area contributed by atoms with Gasteiger partial charge in [-0.1, -0.05) is 48.2 Å². The van der Waals surface area contributed by atoms with Crippen LogP contribution in [-0.4, -0.2) is 25.9 Å². The van der Waals surface area contributed by atoms with Gasteiger partial charge in [0, 0.05) is 18.7 Å². The standard InChI is InChI=1S/C20H21FN4OS/c1-3-25-18(12-15-8-5-4-6-9-15)23-24-20(25)27-14(2)19(26)22-17-11-7-10-16(21)13-17/h4-11,13-14H,3,12H2,1-2H3,(H,22,26)/t14-/m1/s1. The van der Waals surface area contributed by atoms with Gasteiger partial charge in [-0.25, -0.2) is 4.39 Å². The monoisotopic (exact) mass is 384 g/mol. The van der Waals surface area contributed by atoms with E-state index in [-0.39, 0.29) is 11.7 Å². The maximum atomic E-state index is 13.3. The minimum absolute atomic E-state index is 0.208. The number of anilines is 1. The summed E-state index contributed by atoms with van der Waals surface area (Å²) in [4.78, 5) is 12.4. The van der Waals surface area contributed by atoms with Gasteiger partial charge in [-0.15, -0.1) is 10.2 Å². The van der Waals surface area contributed by atoms with E-state index in [9.17, 15) is 9.18 Å². The van der Waals surface area contributed by atoms with Gasteiger partial charge in [0.2, 0.25) is 5.91 Å². The molecule has 3 aromatic rings. The van der Waals surface area contributed by atoms with Crippen LogP contribution in [0.3, 0.4) is 0 Å². The largest absolute Gasteiger partial charge is 0.325 e. The van der Waals surface area contributed by atoms with Crippen LogP contribution < -0.4 is 5.32 Å². The fourth-order valence-electron chi connectivity index (χ4n) is 2.65. The molecule has 27 heavy (non-hydrogen) atoms. The Morgan fingerprint density at radius 3 is 2.67 bits per heavy atom. The second-order valence-electron chi connectivity index (χ2n) is 6.07. The Kier molecular flexibility index (Phi) is 6.24. The normalized spacial score (nSPS) is 12.0. The minimum Gasteiger partial charge on any atom is -0.325 e. The smallest absolute Gasteiger partial charge is 0.237 e. The number of hydrogen-bond acceptors (Lipinski definition) is 4. The lowest BCUT2D eigenvalue weighted by atomic mass is 10.1. The van der Waals surface area contributed by atoms with Crippen molar-refractivity contribution >= 4 is 23.4 Å². The molecule has 0 fully saturated rings.